The van der Waals surface area contributed by atoms with Gasteiger partial charge in [-0.2, -0.15) is 0 Å². The van der Waals surface area contributed by atoms with E-state index in [1.54, 1.807) is 0 Å². The number of aryl methyl sites for hydroxylation is 1. The Labute approximate surface area is 106 Å². The zero-order valence-electron chi connectivity index (χ0n) is 9.70. The van der Waals surface area contributed by atoms with E-state index in [0.717, 1.165) is 24.2 Å². The number of aromatic nitrogens is 1. The van der Waals surface area contributed by atoms with Gasteiger partial charge in [-0.3, -0.25) is 4.98 Å². The minimum absolute atomic E-state index is 0.635. The lowest BCUT2D eigenvalue weighted by atomic mass is 9.96. The topological polar surface area (TPSA) is 12.9 Å². The molecule has 0 radical (unpaired) electrons. The number of fused-ring (bicyclic) bond motifs is 1. The van der Waals surface area contributed by atoms with Crippen molar-refractivity contribution in [2.75, 3.05) is 0 Å². The Morgan fingerprint density at radius 1 is 1.31 bits per heavy atom. The van der Waals surface area contributed by atoms with Crippen LogP contribution in [0.25, 0.3) is 0 Å². The fourth-order valence-electron chi connectivity index (χ4n) is 3.04. The van der Waals surface area contributed by atoms with Gasteiger partial charge in [0.15, 0.2) is 0 Å². The standard InChI is InChI=1S/C14H18BrN/c1-9-2-3-13(16-8-9)7-14(15)12-5-10-4-11(10)6-12/h2-3,8,10-12,14H,4-7H2,1H3. The Kier molecular flexibility index (Phi) is 2.78. The number of hydrogen-bond acceptors (Lipinski definition) is 1. The molecule has 0 saturated heterocycles. The van der Waals surface area contributed by atoms with Crippen LogP contribution in [0.15, 0.2) is 18.3 Å². The van der Waals surface area contributed by atoms with Crippen LogP contribution < -0.4 is 0 Å². The van der Waals surface area contributed by atoms with E-state index in [0.29, 0.717) is 4.83 Å². The maximum absolute atomic E-state index is 4.49. The van der Waals surface area contributed by atoms with Crippen molar-refractivity contribution in [2.45, 2.75) is 37.4 Å². The summed E-state index contributed by atoms with van der Waals surface area (Å²) in [5.41, 5.74) is 2.48. The highest BCUT2D eigenvalue weighted by Crippen LogP contribution is 2.56. The van der Waals surface area contributed by atoms with E-state index in [4.69, 9.17) is 0 Å². The molecule has 2 aliphatic rings. The van der Waals surface area contributed by atoms with Gasteiger partial charge < -0.3 is 0 Å². The molecule has 0 bridgehead atoms. The van der Waals surface area contributed by atoms with Gasteiger partial charge in [0.1, 0.15) is 0 Å². The predicted octanol–water partition coefficient (Wildman–Crippen LogP) is 3.74. The van der Waals surface area contributed by atoms with E-state index in [1.165, 1.54) is 30.5 Å². The van der Waals surface area contributed by atoms with E-state index in [-0.39, 0.29) is 0 Å². The van der Waals surface area contributed by atoms with Crippen molar-refractivity contribution in [3.63, 3.8) is 0 Å². The first-order valence-electron chi connectivity index (χ1n) is 6.28. The van der Waals surface area contributed by atoms with Gasteiger partial charge in [-0.25, -0.2) is 0 Å². The van der Waals surface area contributed by atoms with Gasteiger partial charge >= 0.3 is 0 Å². The predicted molar refractivity (Wildman–Crippen MR) is 69.7 cm³/mol. The summed E-state index contributed by atoms with van der Waals surface area (Å²) in [6.07, 6.45) is 7.48. The summed E-state index contributed by atoms with van der Waals surface area (Å²) in [4.78, 5) is 5.12. The summed E-state index contributed by atoms with van der Waals surface area (Å²) in [7, 11) is 0. The van der Waals surface area contributed by atoms with Gasteiger partial charge in [-0.15, -0.1) is 0 Å². The molecule has 2 saturated carbocycles. The molecule has 86 valence electrons. The zero-order chi connectivity index (χ0) is 11.1. The van der Waals surface area contributed by atoms with Crippen LogP contribution in [0, 0.1) is 24.7 Å². The van der Waals surface area contributed by atoms with Crippen LogP contribution in [0.1, 0.15) is 30.5 Å². The molecule has 16 heavy (non-hydrogen) atoms. The van der Waals surface area contributed by atoms with E-state index < -0.39 is 0 Å². The Hall–Kier alpha value is -0.370. The monoisotopic (exact) mass is 279 g/mol. The van der Waals surface area contributed by atoms with Crippen LogP contribution in [-0.2, 0) is 6.42 Å². The SMILES string of the molecule is Cc1ccc(CC(Br)C2CC3CC3C2)nc1. The summed E-state index contributed by atoms with van der Waals surface area (Å²) in [6.45, 7) is 2.09. The first kappa shape index (κ1) is 10.8. The summed E-state index contributed by atoms with van der Waals surface area (Å²) < 4.78 is 0. The Balaban J connectivity index is 1.59. The first-order chi connectivity index (χ1) is 7.72. The lowest BCUT2D eigenvalue weighted by molar-refractivity contribution is 0.469. The molecule has 0 aliphatic heterocycles. The summed E-state index contributed by atoms with van der Waals surface area (Å²) in [5.74, 6) is 3.05. The molecule has 3 atom stereocenters. The number of halogens is 1. The summed E-state index contributed by atoms with van der Waals surface area (Å²) >= 11 is 3.87. The molecule has 0 amide bonds. The number of alkyl halides is 1. The average Bonchev–Trinajstić information content (AvgIpc) is 2.89. The number of pyridine rings is 1. The second kappa shape index (κ2) is 4.14. The number of nitrogens with zero attached hydrogens (tertiary/aromatic N) is 1. The van der Waals surface area contributed by atoms with Gasteiger partial charge in [0.25, 0.3) is 0 Å². The lowest BCUT2D eigenvalue weighted by Crippen LogP contribution is -2.16. The highest BCUT2D eigenvalue weighted by molar-refractivity contribution is 9.09. The largest absolute Gasteiger partial charge is 0.261 e. The van der Waals surface area contributed by atoms with Crippen molar-refractivity contribution >= 4 is 15.9 Å². The van der Waals surface area contributed by atoms with E-state index in [9.17, 15) is 0 Å². The van der Waals surface area contributed by atoms with Crippen molar-refractivity contribution in [1.82, 2.24) is 4.98 Å². The molecule has 0 aromatic carbocycles. The van der Waals surface area contributed by atoms with E-state index in [2.05, 4.69) is 40.0 Å². The molecule has 1 nitrogen and oxygen atoms in total. The van der Waals surface area contributed by atoms with Crippen LogP contribution >= 0.6 is 15.9 Å². The van der Waals surface area contributed by atoms with Crippen molar-refractivity contribution < 1.29 is 0 Å². The third-order valence-corrected chi connectivity index (χ3v) is 5.24. The van der Waals surface area contributed by atoms with E-state index in [1.807, 2.05) is 6.20 Å². The van der Waals surface area contributed by atoms with Gasteiger partial charge in [-0.05, 0) is 55.6 Å². The molecule has 2 aliphatic carbocycles. The van der Waals surface area contributed by atoms with Crippen molar-refractivity contribution in [2.24, 2.45) is 17.8 Å². The molecule has 1 heterocycles. The third-order valence-electron chi connectivity index (χ3n) is 4.17. The third kappa shape index (κ3) is 2.17. The summed E-state index contributed by atoms with van der Waals surface area (Å²) in [6, 6.07) is 4.33. The molecule has 0 N–H and O–H groups in total. The molecule has 3 rings (SSSR count). The maximum Gasteiger partial charge on any atom is 0.0415 e. The lowest BCUT2D eigenvalue weighted by Gasteiger charge is -2.18. The second-order valence-corrected chi connectivity index (χ2v) is 6.71. The minimum atomic E-state index is 0.635. The van der Waals surface area contributed by atoms with Crippen LogP contribution in [0.3, 0.4) is 0 Å². The molecular formula is C14H18BrN. The smallest absolute Gasteiger partial charge is 0.0415 e. The zero-order valence-corrected chi connectivity index (χ0v) is 11.3. The molecule has 1 aromatic rings. The normalized spacial score (nSPS) is 33.5. The van der Waals surface area contributed by atoms with Crippen LogP contribution in [0.2, 0.25) is 0 Å². The Bertz CT molecular complexity index is 363. The number of rotatable bonds is 3. The highest BCUT2D eigenvalue weighted by Gasteiger charge is 2.47. The van der Waals surface area contributed by atoms with Gasteiger partial charge in [0, 0.05) is 23.1 Å². The first-order valence-corrected chi connectivity index (χ1v) is 7.19. The quantitative estimate of drug-likeness (QED) is 0.769. The molecular weight excluding hydrogens is 262 g/mol. The maximum atomic E-state index is 4.49. The van der Waals surface area contributed by atoms with Gasteiger partial charge in [-0.1, -0.05) is 22.0 Å². The molecule has 0 spiro atoms. The fraction of sp³-hybridized carbons (Fsp3) is 0.643. The molecule has 2 fully saturated rings. The molecule has 2 heteroatoms. The van der Waals surface area contributed by atoms with Crippen molar-refractivity contribution in [1.29, 1.82) is 0 Å². The van der Waals surface area contributed by atoms with Gasteiger partial charge in [0.05, 0.1) is 0 Å². The van der Waals surface area contributed by atoms with Crippen LogP contribution in [0.5, 0.6) is 0 Å². The van der Waals surface area contributed by atoms with Crippen molar-refractivity contribution in [3.8, 4) is 0 Å². The number of hydrogen-bond donors (Lipinski definition) is 0. The Morgan fingerprint density at radius 3 is 2.69 bits per heavy atom. The Morgan fingerprint density at radius 2 is 2.06 bits per heavy atom. The highest BCUT2D eigenvalue weighted by atomic mass is 79.9. The second-order valence-electron chi connectivity index (χ2n) is 5.53. The van der Waals surface area contributed by atoms with Crippen molar-refractivity contribution in [3.05, 3.63) is 29.6 Å². The van der Waals surface area contributed by atoms with E-state index >= 15 is 0 Å². The molecule has 1 aromatic heterocycles. The minimum Gasteiger partial charge on any atom is -0.261 e. The average molecular weight is 280 g/mol. The van der Waals surface area contributed by atoms with Gasteiger partial charge in [0.2, 0.25) is 0 Å². The van der Waals surface area contributed by atoms with Crippen LogP contribution in [0.4, 0.5) is 0 Å². The van der Waals surface area contributed by atoms with Crippen LogP contribution in [-0.4, -0.2) is 9.81 Å². The fourth-order valence-corrected chi connectivity index (χ4v) is 3.81. The summed E-state index contributed by atoms with van der Waals surface area (Å²) in [5, 5.41) is 0. The molecule has 3 unspecified atom stereocenters.